The minimum atomic E-state index is -0.622. The van der Waals surface area contributed by atoms with Crippen LogP contribution >= 0.6 is 0 Å². The van der Waals surface area contributed by atoms with Crippen molar-refractivity contribution in [2.45, 2.75) is 13.2 Å². The zero-order chi connectivity index (χ0) is 18.7. The fourth-order valence-corrected chi connectivity index (χ4v) is 2.72. The Kier molecular flexibility index (Phi) is 4.97. The van der Waals surface area contributed by atoms with Crippen LogP contribution in [0, 0.1) is 0 Å². The summed E-state index contributed by atoms with van der Waals surface area (Å²) >= 11 is 0. The lowest BCUT2D eigenvalue weighted by molar-refractivity contribution is -0.135. The van der Waals surface area contributed by atoms with Crippen LogP contribution in [0.3, 0.4) is 0 Å². The molecule has 1 heterocycles. The highest BCUT2D eigenvalue weighted by molar-refractivity contribution is 5.97. The summed E-state index contributed by atoms with van der Waals surface area (Å²) in [5.41, 5.74) is 1.44. The minimum absolute atomic E-state index is 0.221. The van der Waals surface area contributed by atoms with Crippen molar-refractivity contribution in [3.63, 3.8) is 0 Å². The van der Waals surface area contributed by atoms with Crippen molar-refractivity contribution < 1.29 is 23.7 Å². The van der Waals surface area contributed by atoms with E-state index in [-0.39, 0.29) is 5.91 Å². The number of hydrazone groups is 1. The Balaban J connectivity index is 2.02. The van der Waals surface area contributed by atoms with Gasteiger partial charge in [-0.05, 0) is 12.1 Å². The minimum Gasteiger partial charge on any atom is -0.493 e. The Bertz CT molecular complexity index is 810. The van der Waals surface area contributed by atoms with Gasteiger partial charge in [-0.3, -0.25) is 4.79 Å². The number of hydrogen-bond acceptors (Lipinski definition) is 6. The van der Waals surface area contributed by atoms with E-state index in [1.807, 2.05) is 30.3 Å². The highest BCUT2D eigenvalue weighted by atomic mass is 16.5. The fourth-order valence-electron chi connectivity index (χ4n) is 2.72. The predicted molar refractivity (Wildman–Crippen MR) is 95.4 cm³/mol. The average molecular weight is 356 g/mol. The average Bonchev–Trinajstić information content (AvgIpc) is 3.13. The standard InChI is InChI=1S/C19H20N2O5/c1-12(22)21-19(13-8-6-5-7-9-13)26-18(20-21)14-10-15(23-2)17(25-4)16(11-14)24-3/h5-11,19H,1-4H3/t19-/m1/s1. The van der Waals surface area contributed by atoms with Gasteiger partial charge in [0.15, 0.2) is 11.5 Å². The van der Waals surface area contributed by atoms with Crippen LogP contribution < -0.4 is 14.2 Å². The van der Waals surface area contributed by atoms with Crippen LogP contribution in [0.4, 0.5) is 0 Å². The highest BCUT2D eigenvalue weighted by Crippen LogP contribution is 2.40. The molecule has 7 nitrogen and oxygen atoms in total. The summed E-state index contributed by atoms with van der Waals surface area (Å²) in [5.74, 6) is 1.51. The van der Waals surface area contributed by atoms with Gasteiger partial charge in [0.25, 0.3) is 0 Å². The van der Waals surface area contributed by atoms with Crippen LogP contribution in [0.5, 0.6) is 17.2 Å². The van der Waals surface area contributed by atoms with E-state index in [0.717, 1.165) is 5.56 Å². The first kappa shape index (κ1) is 17.6. The Morgan fingerprint density at radius 2 is 1.65 bits per heavy atom. The smallest absolute Gasteiger partial charge is 0.243 e. The van der Waals surface area contributed by atoms with Crippen molar-refractivity contribution in [2.24, 2.45) is 5.10 Å². The molecule has 26 heavy (non-hydrogen) atoms. The van der Waals surface area contributed by atoms with Gasteiger partial charge < -0.3 is 18.9 Å². The van der Waals surface area contributed by atoms with Crippen molar-refractivity contribution in [3.05, 3.63) is 53.6 Å². The maximum absolute atomic E-state index is 12.0. The van der Waals surface area contributed by atoms with Crippen molar-refractivity contribution in [2.75, 3.05) is 21.3 Å². The lowest BCUT2D eigenvalue weighted by Crippen LogP contribution is -2.25. The van der Waals surface area contributed by atoms with Crippen molar-refractivity contribution in [1.82, 2.24) is 5.01 Å². The number of methoxy groups -OCH3 is 3. The van der Waals surface area contributed by atoms with Gasteiger partial charge in [-0.1, -0.05) is 30.3 Å². The molecule has 1 atom stereocenters. The molecule has 2 aromatic rings. The van der Waals surface area contributed by atoms with E-state index in [1.165, 1.54) is 33.3 Å². The van der Waals surface area contributed by atoms with E-state index < -0.39 is 6.23 Å². The van der Waals surface area contributed by atoms with E-state index in [9.17, 15) is 4.79 Å². The molecule has 0 spiro atoms. The maximum Gasteiger partial charge on any atom is 0.243 e. The third kappa shape index (κ3) is 3.15. The zero-order valence-corrected chi connectivity index (χ0v) is 15.1. The molecule has 0 aliphatic carbocycles. The van der Waals surface area contributed by atoms with Gasteiger partial charge in [0.05, 0.1) is 21.3 Å². The lowest BCUT2D eigenvalue weighted by Gasteiger charge is -2.19. The molecular weight excluding hydrogens is 336 g/mol. The lowest BCUT2D eigenvalue weighted by atomic mass is 10.1. The molecule has 1 amide bonds. The van der Waals surface area contributed by atoms with Gasteiger partial charge in [-0.15, -0.1) is 5.10 Å². The van der Waals surface area contributed by atoms with Gasteiger partial charge in [0.1, 0.15) is 0 Å². The first-order chi connectivity index (χ1) is 12.6. The van der Waals surface area contributed by atoms with Crippen LogP contribution in [0.2, 0.25) is 0 Å². The van der Waals surface area contributed by atoms with E-state index in [4.69, 9.17) is 18.9 Å². The predicted octanol–water partition coefficient (Wildman–Crippen LogP) is 2.95. The van der Waals surface area contributed by atoms with Crippen LogP contribution in [0.15, 0.2) is 47.6 Å². The number of amides is 1. The van der Waals surface area contributed by atoms with Crippen LogP contribution in [-0.4, -0.2) is 38.1 Å². The van der Waals surface area contributed by atoms with Gasteiger partial charge in [0, 0.05) is 18.1 Å². The summed E-state index contributed by atoms with van der Waals surface area (Å²) in [7, 11) is 4.60. The first-order valence-electron chi connectivity index (χ1n) is 7.99. The molecule has 0 N–H and O–H groups in total. The molecule has 0 radical (unpaired) electrons. The van der Waals surface area contributed by atoms with Gasteiger partial charge in [-0.2, -0.15) is 5.01 Å². The van der Waals surface area contributed by atoms with Gasteiger partial charge in [0.2, 0.25) is 23.8 Å². The second-order valence-electron chi connectivity index (χ2n) is 5.56. The number of hydrogen-bond donors (Lipinski definition) is 0. The summed E-state index contributed by atoms with van der Waals surface area (Å²) in [4.78, 5) is 12.0. The summed E-state index contributed by atoms with van der Waals surface area (Å²) < 4.78 is 22.1. The van der Waals surface area contributed by atoms with Gasteiger partial charge in [-0.25, -0.2) is 0 Å². The van der Waals surface area contributed by atoms with E-state index >= 15 is 0 Å². The normalized spacial score (nSPS) is 15.9. The van der Waals surface area contributed by atoms with E-state index in [2.05, 4.69) is 5.10 Å². The molecule has 1 aliphatic rings. The summed E-state index contributed by atoms with van der Waals surface area (Å²) in [6.07, 6.45) is -0.622. The maximum atomic E-state index is 12.0. The molecule has 0 fully saturated rings. The molecule has 0 saturated carbocycles. The zero-order valence-electron chi connectivity index (χ0n) is 15.1. The van der Waals surface area contributed by atoms with Crippen molar-refractivity contribution in [3.8, 4) is 17.2 Å². The van der Waals surface area contributed by atoms with Crippen LogP contribution in [-0.2, 0) is 9.53 Å². The third-order valence-electron chi connectivity index (χ3n) is 3.96. The van der Waals surface area contributed by atoms with Gasteiger partial charge >= 0.3 is 0 Å². The Morgan fingerprint density at radius 1 is 1.04 bits per heavy atom. The molecular formula is C19H20N2O5. The highest BCUT2D eigenvalue weighted by Gasteiger charge is 2.33. The van der Waals surface area contributed by atoms with Crippen LogP contribution in [0.25, 0.3) is 0 Å². The quantitative estimate of drug-likeness (QED) is 0.824. The molecule has 0 unspecified atom stereocenters. The molecule has 0 saturated heterocycles. The van der Waals surface area contributed by atoms with Crippen molar-refractivity contribution >= 4 is 11.8 Å². The first-order valence-corrected chi connectivity index (χ1v) is 7.99. The fraction of sp³-hybridized carbons (Fsp3) is 0.263. The third-order valence-corrected chi connectivity index (χ3v) is 3.96. The number of carbonyl (C=O) groups excluding carboxylic acids is 1. The number of ether oxygens (including phenoxy) is 4. The van der Waals surface area contributed by atoms with E-state index in [1.54, 1.807) is 12.1 Å². The molecule has 3 rings (SSSR count). The Labute approximate surface area is 151 Å². The topological polar surface area (TPSA) is 69.6 Å². The molecule has 7 heteroatoms. The second-order valence-corrected chi connectivity index (χ2v) is 5.56. The number of carbonyl (C=O) groups is 1. The summed E-state index contributed by atoms with van der Waals surface area (Å²) in [6, 6.07) is 12.9. The largest absolute Gasteiger partial charge is 0.493 e. The second kappa shape index (κ2) is 7.35. The molecule has 0 aromatic heterocycles. The summed E-state index contributed by atoms with van der Waals surface area (Å²) in [5, 5.41) is 5.66. The Hall–Kier alpha value is -3.22. The molecule has 2 aromatic carbocycles. The van der Waals surface area contributed by atoms with Crippen molar-refractivity contribution in [1.29, 1.82) is 0 Å². The molecule has 136 valence electrons. The SMILES string of the molecule is COc1cc(C2=NN(C(C)=O)[C@@H](c3ccccc3)O2)cc(OC)c1OC. The Morgan fingerprint density at radius 3 is 2.15 bits per heavy atom. The van der Waals surface area contributed by atoms with Crippen LogP contribution in [0.1, 0.15) is 24.3 Å². The number of rotatable bonds is 5. The summed E-state index contributed by atoms with van der Waals surface area (Å²) in [6.45, 7) is 1.45. The molecule has 0 bridgehead atoms. The number of nitrogens with zero attached hydrogens (tertiary/aromatic N) is 2. The monoisotopic (exact) mass is 356 g/mol. The number of benzene rings is 2. The van der Waals surface area contributed by atoms with E-state index in [0.29, 0.717) is 28.7 Å². The molecule has 1 aliphatic heterocycles.